The van der Waals surface area contributed by atoms with E-state index in [4.69, 9.17) is 9.47 Å². The van der Waals surface area contributed by atoms with Crippen LogP contribution in [0.4, 0.5) is 13.2 Å². The van der Waals surface area contributed by atoms with Crippen molar-refractivity contribution in [1.82, 2.24) is 10.2 Å². The lowest BCUT2D eigenvalue weighted by atomic mass is 10.0. The molecule has 1 atom stereocenters. The van der Waals surface area contributed by atoms with Crippen LogP contribution >= 0.6 is 0 Å². The fraction of sp³-hybridized carbons (Fsp3) is 0.533. The van der Waals surface area contributed by atoms with Gasteiger partial charge in [-0.15, -0.1) is 0 Å². The Morgan fingerprint density at radius 1 is 1.26 bits per heavy atom. The molecule has 0 aliphatic carbocycles. The molecule has 1 aromatic rings. The van der Waals surface area contributed by atoms with E-state index in [0.29, 0.717) is 26.2 Å². The van der Waals surface area contributed by atoms with Crippen molar-refractivity contribution in [2.45, 2.75) is 19.1 Å². The van der Waals surface area contributed by atoms with Crippen LogP contribution in [0.5, 0.6) is 11.5 Å². The molecule has 1 aromatic carbocycles. The van der Waals surface area contributed by atoms with Crippen LogP contribution in [0.2, 0.25) is 0 Å². The van der Waals surface area contributed by atoms with Crippen molar-refractivity contribution in [3.05, 3.63) is 23.8 Å². The Hall–Kier alpha value is -1.80. The predicted molar refractivity (Wildman–Crippen MR) is 77.5 cm³/mol. The van der Waals surface area contributed by atoms with Gasteiger partial charge >= 0.3 is 12.1 Å². The first kappa shape index (κ1) is 17.6. The molecule has 23 heavy (non-hydrogen) atoms. The third-order valence-corrected chi connectivity index (χ3v) is 3.58. The molecule has 0 amide bonds. The van der Waals surface area contributed by atoms with E-state index in [-0.39, 0.29) is 17.1 Å². The van der Waals surface area contributed by atoms with Gasteiger partial charge in [-0.05, 0) is 17.7 Å². The third-order valence-electron chi connectivity index (χ3n) is 3.58. The molecular weight excluding hydrogens is 313 g/mol. The zero-order valence-corrected chi connectivity index (χ0v) is 12.9. The van der Waals surface area contributed by atoms with Crippen LogP contribution in [-0.2, 0) is 4.79 Å². The molecule has 0 unspecified atom stereocenters. The van der Waals surface area contributed by atoms with Gasteiger partial charge in [0, 0.05) is 33.1 Å². The predicted octanol–water partition coefficient (Wildman–Crippen LogP) is 2.13. The van der Waals surface area contributed by atoms with Gasteiger partial charge in [0.05, 0.1) is 7.11 Å². The van der Waals surface area contributed by atoms with Crippen LogP contribution in [0.15, 0.2) is 18.2 Å². The fourth-order valence-corrected chi connectivity index (χ4v) is 2.64. The monoisotopic (exact) mass is 332 g/mol. The number of alkyl halides is 3. The summed E-state index contributed by atoms with van der Waals surface area (Å²) in [5.41, 5.74) is 0.0622. The summed E-state index contributed by atoms with van der Waals surface area (Å²) < 4.78 is 50.6. The summed E-state index contributed by atoms with van der Waals surface area (Å²) in [4.78, 5) is 12.4. The number of piperazine rings is 1. The van der Waals surface area contributed by atoms with Crippen LogP contribution in [0.1, 0.15) is 18.5 Å². The second kappa shape index (κ2) is 7.18. The Bertz CT molecular complexity index is 557. The van der Waals surface area contributed by atoms with E-state index in [2.05, 4.69) is 5.32 Å². The number of nitrogens with one attached hydrogen (secondary N) is 1. The normalized spacial score (nSPS) is 17.6. The van der Waals surface area contributed by atoms with Gasteiger partial charge in [-0.3, -0.25) is 9.69 Å². The first-order chi connectivity index (χ1) is 10.8. The smallest absolute Gasteiger partial charge is 0.408 e. The number of hydrogen-bond acceptors (Lipinski definition) is 5. The lowest BCUT2D eigenvalue weighted by molar-refractivity contribution is -0.187. The number of nitrogens with zero attached hydrogens (tertiary/aromatic N) is 1. The average molecular weight is 332 g/mol. The highest BCUT2D eigenvalue weighted by atomic mass is 19.4. The van der Waals surface area contributed by atoms with E-state index in [1.165, 1.54) is 37.1 Å². The molecule has 0 bridgehead atoms. The van der Waals surface area contributed by atoms with Gasteiger partial charge in [0.1, 0.15) is 6.04 Å². The van der Waals surface area contributed by atoms with Gasteiger partial charge < -0.3 is 14.8 Å². The minimum Gasteiger partial charge on any atom is -0.493 e. The first-order valence-corrected chi connectivity index (χ1v) is 7.20. The van der Waals surface area contributed by atoms with Gasteiger partial charge in [-0.1, -0.05) is 6.07 Å². The highest BCUT2D eigenvalue weighted by Gasteiger charge is 2.45. The maximum Gasteiger partial charge on any atom is 0.408 e. The molecule has 1 saturated heterocycles. The Morgan fingerprint density at radius 2 is 1.91 bits per heavy atom. The number of ether oxygens (including phenoxy) is 2. The van der Waals surface area contributed by atoms with E-state index in [1.54, 1.807) is 0 Å². The molecule has 1 heterocycles. The molecule has 1 aliphatic heterocycles. The third kappa shape index (κ3) is 4.35. The Kier molecular flexibility index (Phi) is 5.48. The number of rotatable bonds is 4. The van der Waals surface area contributed by atoms with Crippen LogP contribution in [0.3, 0.4) is 0 Å². The first-order valence-electron chi connectivity index (χ1n) is 7.20. The molecule has 8 heteroatoms. The Morgan fingerprint density at radius 3 is 2.43 bits per heavy atom. The molecule has 1 N–H and O–H groups in total. The zero-order chi connectivity index (χ0) is 17.0. The molecule has 128 valence electrons. The average Bonchev–Trinajstić information content (AvgIpc) is 2.48. The standard InChI is InChI=1S/C15H19F3N2O3/c1-10(21)23-12-4-3-11(9-13(12)22-2)14(15(16,17)18)20-7-5-19-6-8-20/h3-4,9,14,19H,5-8H2,1-2H3/t14-/m0/s1. The van der Waals surface area contributed by atoms with Gasteiger partial charge in [0.25, 0.3) is 0 Å². The van der Waals surface area contributed by atoms with Crippen molar-refractivity contribution in [3.8, 4) is 11.5 Å². The van der Waals surface area contributed by atoms with Gasteiger partial charge in [-0.25, -0.2) is 0 Å². The van der Waals surface area contributed by atoms with Crippen molar-refractivity contribution in [3.63, 3.8) is 0 Å². The SMILES string of the molecule is COc1cc([C@H](N2CCNCC2)C(F)(F)F)ccc1OC(C)=O. The summed E-state index contributed by atoms with van der Waals surface area (Å²) in [6, 6.07) is 2.21. The number of halogens is 3. The minimum absolute atomic E-state index is 0.0622. The van der Waals surface area contributed by atoms with Crippen LogP contribution in [-0.4, -0.2) is 50.3 Å². The Labute approximate surface area is 132 Å². The number of hydrogen-bond donors (Lipinski definition) is 1. The van der Waals surface area contributed by atoms with E-state index >= 15 is 0 Å². The summed E-state index contributed by atoms with van der Waals surface area (Å²) in [6.45, 7) is 2.84. The lowest BCUT2D eigenvalue weighted by Gasteiger charge is -2.36. The maximum absolute atomic E-state index is 13.5. The Balaban J connectivity index is 2.36. The van der Waals surface area contributed by atoms with E-state index in [0.717, 1.165) is 0 Å². The summed E-state index contributed by atoms with van der Waals surface area (Å²) >= 11 is 0. The molecule has 2 rings (SSSR count). The highest BCUT2D eigenvalue weighted by Crippen LogP contribution is 2.40. The number of benzene rings is 1. The molecule has 0 radical (unpaired) electrons. The summed E-state index contributed by atoms with van der Waals surface area (Å²) in [7, 11) is 1.32. The molecule has 5 nitrogen and oxygen atoms in total. The zero-order valence-electron chi connectivity index (χ0n) is 12.9. The number of carbonyl (C=O) groups is 1. The number of esters is 1. The summed E-state index contributed by atoms with van der Waals surface area (Å²) in [5, 5.41) is 3.03. The lowest BCUT2D eigenvalue weighted by Crippen LogP contribution is -2.49. The quantitative estimate of drug-likeness (QED) is 0.676. The van der Waals surface area contributed by atoms with Crippen molar-refractivity contribution < 1.29 is 27.4 Å². The van der Waals surface area contributed by atoms with Crippen molar-refractivity contribution in [2.24, 2.45) is 0 Å². The van der Waals surface area contributed by atoms with Gasteiger partial charge in [0.15, 0.2) is 11.5 Å². The van der Waals surface area contributed by atoms with Crippen LogP contribution in [0, 0.1) is 0 Å². The minimum atomic E-state index is -4.41. The summed E-state index contributed by atoms with van der Waals surface area (Å²) in [5.74, 6) is -0.363. The molecule has 0 spiro atoms. The van der Waals surface area contributed by atoms with Crippen molar-refractivity contribution in [2.75, 3.05) is 33.3 Å². The van der Waals surface area contributed by atoms with E-state index in [9.17, 15) is 18.0 Å². The largest absolute Gasteiger partial charge is 0.493 e. The van der Waals surface area contributed by atoms with Crippen molar-refractivity contribution in [1.29, 1.82) is 0 Å². The topological polar surface area (TPSA) is 50.8 Å². The molecule has 0 aromatic heterocycles. The maximum atomic E-state index is 13.5. The van der Waals surface area contributed by atoms with E-state index < -0.39 is 18.2 Å². The molecular formula is C15H19F3N2O3. The molecule has 1 fully saturated rings. The van der Waals surface area contributed by atoms with Gasteiger partial charge in [-0.2, -0.15) is 13.2 Å². The number of carbonyl (C=O) groups excluding carboxylic acids is 1. The second-order valence-electron chi connectivity index (χ2n) is 5.23. The number of methoxy groups -OCH3 is 1. The highest BCUT2D eigenvalue weighted by molar-refractivity contribution is 5.70. The molecule has 0 saturated carbocycles. The molecule has 1 aliphatic rings. The second-order valence-corrected chi connectivity index (χ2v) is 5.23. The van der Waals surface area contributed by atoms with Crippen LogP contribution in [0.25, 0.3) is 0 Å². The summed E-state index contributed by atoms with van der Waals surface area (Å²) in [6.07, 6.45) is -4.41. The van der Waals surface area contributed by atoms with Crippen molar-refractivity contribution >= 4 is 5.97 Å². The van der Waals surface area contributed by atoms with Gasteiger partial charge in [0.2, 0.25) is 0 Å². The van der Waals surface area contributed by atoms with E-state index in [1.807, 2.05) is 0 Å². The fourth-order valence-electron chi connectivity index (χ4n) is 2.64. The van der Waals surface area contributed by atoms with Crippen LogP contribution < -0.4 is 14.8 Å².